The summed E-state index contributed by atoms with van der Waals surface area (Å²) in [4.78, 5) is 13.5. The molecule has 1 unspecified atom stereocenters. The minimum atomic E-state index is -0.00962. The maximum absolute atomic E-state index is 11.8. The van der Waals surface area contributed by atoms with Gasteiger partial charge in [-0.1, -0.05) is 28.1 Å². The molecule has 120 valence electrons. The van der Waals surface area contributed by atoms with E-state index in [1.165, 1.54) is 25.8 Å². The van der Waals surface area contributed by atoms with Crippen LogP contribution >= 0.6 is 15.9 Å². The molecule has 1 aromatic rings. The maximum atomic E-state index is 11.8. The number of quaternary nitrogens is 1. The van der Waals surface area contributed by atoms with Gasteiger partial charge in [-0.2, -0.15) is 0 Å². The van der Waals surface area contributed by atoms with Crippen molar-refractivity contribution in [2.75, 3.05) is 19.6 Å². The lowest BCUT2D eigenvalue weighted by Gasteiger charge is -2.30. The summed E-state index contributed by atoms with van der Waals surface area (Å²) in [6.45, 7) is 5.56. The predicted molar refractivity (Wildman–Crippen MR) is 94.8 cm³/mol. The van der Waals surface area contributed by atoms with Gasteiger partial charge < -0.3 is 10.2 Å². The van der Waals surface area contributed by atoms with Crippen molar-refractivity contribution in [3.05, 3.63) is 40.4 Å². The van der Waals surface area contributed by atoms with Crippen molar-refractivity contribution in [1.29, 1.82) is 0 Å². The summed E-state index contributed by atoms with van der Waals surface area (Å²) in [6, 6.07) is 8.69. The first kappa shape index (κ1) is 17.2. The van der Waals surface area contributed by atoms with Gasteiger partial charge in [-0.3, -0.25) is 4.79 Å². The normalized spacial score (nSPS) is 21.9. The predicted octanol–water partition coefficient (Wildman–Crippen LogP) is 2.43. The smallest absolute Gasteiger partial charge is 0.244 e. The van der Waals surface area contributed by atoms with Crippen molar-refractivity contribution in [2.24, 2.45) is 0 Å². The van der Waals surface area contributed by atoms with Crippen LogP contribution in [0.5, 0.6) is 0 Å². The van der Waals surface area contributed by atoms with Crippen LogP contribution in [0.3, 0.4) is 0 Å². The van der Waals surface area contributed by atoms with E-state index in [0.29, 0.717) is 0 Å². The largest absolute Gasteiger partial charge is 0.352 e. The van der Waals surface area contributed by atoms with Crippen LogP contribution < -0.4 is 10.2 Å². The Kier molecular flexibility index (Phi) is 7.13. The van der Waals surface area contributed by atoms with Gasteiger partial charge in [-0.25, -0.2) is 0 Å². The molecule has 0 bridgehead atoms. The van der Waals surface area contributed by atoms with Crippen molar-refractivity contribution in [3.8, 4) is 0 Å². The van der Waals surface area contributed by atoms with Crippen LogP contribution in [0.15, 0.2) is 34.8 Å². The number of halogens is 1. The summed E-state index contributed by atoms with van der Waals surface area (Å²) in [5.41, 5.74) is 1.03. The second-order valence-electron chi connectivity index (χ2n) is 6.08. The van der Waals surface area contributed by atoms with E-state index in [2.05, 4.69) is 28.2 Å². The van der Waals surface area contributed by atoms with Crippen molar-refractivity contribution < 1.29 is 9.69 Å². The summed E-state index contributed by atoms with van der Waals surface area (Å²) >= 11 is 3.40. The highest BCUT2D eigenvalue weighted by atomic mass is 79.9. The Balaban J connectivity index is 1.64. The van der Waals surface area contributed by atoms with Crippen LogP contribution in [0.1, 0.15) is 38.2 Å². The third-order valence-electron chi connectivity index (χ3n) is 4.35. The van der Waals surface area contributed by atoms with Gasteiger partial charge in [-0.05, 0) is 50.0 Å². The van der Waals surface area contributed by atoms with Crippen LogP contribution in [0.2, 0.25) is 0 Å². The van der Waals surface area contributed by atoms with Crippen molar-refractivity contribution in [1.82, 2.24) is 5.32 Å². The molecule has 0 aliphatic carbocycles. The van der Waals surface area contributed by atoms with Gasteiger partial charge in [-0.15, -0.1) is 0 Å². The summed E-state index contributed by atoms with van der Waals surface area (Å²) in [5, 5.41) is 2.97. The number of likely N-dealkylation sites (tertiary alicyclic amines) is 1. The van der Waals surface area contributed by atoms with E-state index < -0.39 is 0 Å². The molecule has 1 aliphatic heterocycles. The first-order chi connectivity index (χ1) is 10.6. The zero-order valence-corrected chi connectivity index (χ0v) is 14.9. The minimum Gasteiger partial charge on any atom is -0.352 e. The van der Waals surface area contributed by atoms with Crippen molar-refractivity contribution in [2.45, 2.75) is 38.6 Å². The molecule has 0 saturated carbocycles. The van der Waals surface area contributed by atoms with Crippen LogP contribution in [0.25, 0.3) is 6.08 Å². The van der Waals surface area contributed by atoms with Crippen LogP contribution in [-0.2, 0) is 4.79 Å². The standard InChI is InChI=1S/C18H25BrN2O/c1-15-5-2-3-13-21(15)14-4-12-20-18(22)11-8-16-6-9-17(19)10-7-16/h6-11,15H,2-5,12-14H2,1H3,(H,20,22)/p+1/b11-8+/t15-/m1/s1. The number of hydrogen-bond donors (Lipinski definition) is 2. The Hall–Kier alpha value is -1.13. The number of benzene rings is 1. The van der Waals surface area contributed by atoms with Gasteiger partial charge in [0.2, 0.25) is 5.91 Å². The SMILES string of the molecule is C[C@@H]1CCCC[NH+]1CCCNC(=O)/C=C/c1ccc(Br)cc1. The van der Waals surface area contributed by atoms with Gasteiger partial charge in [0.15, 0.2) is 0 Å². The molecule has 4 heteroatoms. The number of carbonyl (C=O) groups is 1. The highest BCUT2D eigenvalue weighted by Gasteiger charge is 2.20. The van der Waals surface area contributed by atoms with E-state index in [1.807, 2.05) is 30.3 Å². The monoisotopic (exact) mass is 365 g/mol. The molecule has 1 heterocycles. The first-order valence-electron chi connectivity index (χ1n) is 8.21. The summed E-state index contributed by atoms with van der Waals surface area (Å²) in [5.74, 6) is -0.00962. The third-order valence-corrected chi connectivity index (χ3v) is 4.88. The zero-order valence-electron chi connectivity index (χ0n) is 13.3. The minimum absolute atomic E-state index is 0.00962. The number of nitrogens with one attached hydrogen (secondary N) is 2. The Labute approximate surface area is 141 Å². The Bertz CT molecular complexity index is 498. The summed E-state index contributed by atoms with van der Waals surface area (Å²) < 4.78 is 1.04. The molecule has 0 spiro atoms. The Morgan fingerprint density at radius 2 is 2.14 bits per heavy atom. The molecule has 1 saturated heterocycles. The molecule has 1 amide bonds. The fraction of sp³-hybridized carbons (Fsp3) is 0.500. The van der Waals surface area contributed by atoms with E-state index in [0.717, 1.165) is 35.6 Å². The van der Waals surface area contributed by atoms with E-state index >= 15 is 0 Å². The Morgan fingerprint density at radius 1 is 1.36 bits per heavy atom. The van der Waals surface area contributed by atoms with Crippen molar-refractivity contribution >= 4 is 27.9 Å². The average Bonchev–Trinajstić information content (AvgIpc) is 2.52. The second kappa shape index (κ2) is 9.11. The molecule has 2 atom stereocenters. The molecule has 1 fully saturated rings. The quantitative estimate of drug-likeness (QED) is 0.589. The molecule has 1 aliphatic rings. The van der Waals surface area contributed by atoms with E-state index in [-0.39, 0.29) is 5.91 Å². The Morgan fingerprint density at radius 3 is 2.86 bits per heavy atom. The van der Waals surface area contributed by atoms with Gasteiger partial charge in [0.1, 0.15) is 0 Å². The fourth-order valence-electron chi connectivity index (χ4n) is 2.96. The number of carbonyl (C=O) groups excluding carboxylic acids is 1. The molecule has 2 N–H and O–H groups in total. The van der Waals surface area contributed by atoms with Crippen molar-refractivity contribution in [3.63, 3.8) is 0 Å². The molecule has 3 nitrogen and oxygen atoms in total. The number of hydrogen-bond acceptors (Lipinski definition) is 1. The molecule has 0 aromatic heterocycles. The lowest BCUT2D eigenvalue weighted by Crippen LogP contribution is -3.16. The topological polar surface area (TPSA) is 33.5 Å². The highest BCUT2D eigenvalue weighted by Crippen LogP contribution is 2.11. The summed E-state index contributed by atoms with van der Waals surface area (Å²) in [7, 11) is 0. The van der Waals surface area contributed by atoms with Gasteiger partial charge in [0, 0.05) is 23.5 Å². The fourth-order valence-corrected chi connectivity index (χ4v) is 3.22. The third kappa shape index (κ3) is 5.93. The van der Waals surface area contributed by atoms with E-state index in [4.69, 9.17) is 0 Å². The first-order valence-corrected chi connectivity index (χ1v) is 9.00. The van der Waals surface area contributed by atoms with Gasteiger partial charge in [0.05, 0.1) is 19.1 Å². The number of amides is 1. The molecular formula is C18H26BrN2O+. The second-order valence-corrected chi connectivity index (χ2v) is 7.00. The molecule has 22 heavy (non-hydrogen) atoms. The van der Waals surface area contributed by atoms with E-state index in [9.17, 15) is 4.79 Å². The lowest BCUT2D eigenvalue weighted by atomic mass is 10.0. The molecular weight excluding hydrogens is 340 g/mol. The van der Waals surface area contributed by atoms with Crippen LogP contribution in [0.4, 0.5) is 0 Å². The lowest BCUT2D eigenvalue weighted by molar-refractivity contribution is -0.928. The van der Waals surface area contributed by atoms with Gasteiger partial charge >= 0.3 is 0 Å². The number of piperidine rings is 1. The molecule has 2 rings (SSSR count). The van der Waals surface area contributed by atoms with Crippen LogP contribution in [0, 0.1) is 0 Å². The molecule has 1 aromatic carbocycles. The van der Waals surface area contributed by atoms with E-state index in [1.54, 1.807) is 11.0 Å². The van der Waals surface area contributed by atoms with Gasteiger partial charge in [0.25, 0.3) is 0 Å². The highest BCUT2D eigenvalue weighted by molar-refractivity contribution is 9.10. The van der Waals surface area contributed by atoms with Crippen LogP contribution in [-0.4, -0.2) is 31.6 Å². The molecule has 0 radical (unpaired) electrons. The summed E-state index contributed by atoms with van der Waals surface area (Å²) in [6.07, 6.45) is 8.58. The maximum Gasteiger partial charge on any atom is 0.244 e. The zero-order chi connectivity index (χ0) is 15.8. The number of rotatable bonds is 6. The average molecular weight is 366 g/mol.